The zero-order chi connectivity index (χ0) is 22.1. The predicted molar refractivity (Wildman–Crippen MR) is 113 cm³/mol. The van der Waals surface area contributed by atoms with Crippen molar-refractivity contribution in [2.75, 3.05) is 46.2 Å². The van der Waals surface area contributed by atoms with Crippen LogP contribution < -0.4 is 9.47 Å². The molecular formula is C23H23N3O6. The fourth-order valence-corrected chi connectivity index (χ4v) is 4.27. The molecule has 32 heavy (non-hydrogen) atoms. The van der Waals surface area contributed by atoms with Gasteiger partial charge in [-0.15, -0.1) is 0 Å². The van der Waals surface area contributed by atoms with Gasteiger partial charge >= 0.3 is 0 Å². The Morgan fingerprint density at radius 2 is 1.91 bits per heavy atom. The highest BCUT2D eigenvalue weighted by Crippen LogP contribution is 2.41. The van der Waals surface area contributed by atoms with Gasteiger partial charge in [-0.3, -0.25) is 19.5 Å². The highest BCUT2D eigenvalue weighted by atomic mass is 16.7. The van der Waals surface area contributed by atoms with Crippen LogP contribution in [0.5, 0.6) is 11.5 Å². The second kappa shape index (κ2) is 8.60. The zero-order valence-corrected chi connectivity index (χ0v) is 17.4. The number of benzene rings is 1. The SMILES string of the molecule is O=C1C(=O)N(CCN2CCOCC2)C(c2cccnc2)C1=C(O)c1ccc2c(c1)OCO2. The minimum Gasteiger partial charge on any atom is -0.507 e. The van der Waals surface area contributed by atoms with Gasteiger partial charge in [-0.25, -0.2) is 0 Å². The van der Waals surface area contributed by atoms with Gasteiger partial charge in [-0.05, 0) is 29.8 Å². The molecule has 5 rings (SSSR count). The molecule has 3 aliphatic heterocycles. The maximum absolute atomic E-state index is 13.1. The Bertz CT molecular complexity index is 1060. The number of likely N-dealkylation sites (tertiary alicyclic amines) is 1. The molecule has 1 aromatic carbocycles. The van der Waals surface area contributed by atoms with E-state index in [1.165, 1.54) is 4.90 Å². The summed E-state index contributed by atoms with van der Waals surface area (Å²) in [7, 11) is 0. The van der Waals surface area contributed by atoms with Gasteiger partial charge < -0.3 is 24.2 Å². The van der Waals surface area contributed by atoms with Crippen LogP contribution >= 0.6 is 0 Å². The van der Waals surface area contributed by atoms with E-state index in [4.69, 9.17) is 14.2 Å². The molecule has 0 saturated carbocycles. The van der Waals surface area contributed by atoms with Crippen LogP contribution in [0.25, 0.3) is 5.76 Å². The summed E-state index contributed by atoms with van der Waals surface area (Å²) in [6.07, 6.45) is 3.24. The van der Waals surface area contributed by atoms with Crippen molar-refractivity contribution < 1.29 is 28.9 Å². The number of aliphatic hydroxyl groups is 1. The number of hydrogen-bond acceptors (Lipinski definition) is 8. The van der Waals surface area contributed by atoms with Crippen molar-refractivity contribution in [1.82, 2.24) is 14.8 Å². The number of aliphatic hydroxyl groups excluding tert-OH is 1. The lowest BCUT2D eigenvalue weighted by molar-refractivity contribution is -0.140. The van der Waals surface area contributed by atoms with Crippen LogP contribution in [0.2, 0.25) is 0 Å². The number of carbonyl (C=O) groups excluding carboxylic acids is 2. The molecule has 0 bridgehead atoms. The van der Waals surface area contributed by atoms with Crippen LogP contribution in [0, 0.1) is 0 Å². The molecular weight excluding hydrogens is 414 g/mol. The van der Waals surface area contributed by atoms with Crippen LogP contribution in [0.3, 0.4) is 0 Å². The first-order valence-corrected chi connectivity index (χ1v) is 10.5. The molecule has 0 radical (unpaired) electrons. The van der Waals surface area contributed by atoms with Gasteiger partial charge in [-0.1, -0.05) is 6.07 Å². The fraction of sp³-hybridized carbons (Fsp3) is 0.348. The Balaban J connectivity index is 1.52. The third kappa shape index (κ3) is 3.69. The number of ketones is 1. The van der Waals surface area contributed by atoms with E-state index in [1.807, 2.05) is 0 Å². The Morgan fingerprint density at radius 1 is 1.09 bits per heavy atom. The molecule has 1 aromatic heterocycles. The average Bonchev–Trinajstić information content (AvgIpc) is 3.40. The van der Waals surface area contributed by atoms with Crippen LogP contribution in [-0.2, 0) is 14.3 Å². The van der Waals surface area contributed by atoms with Gasteiger partial charge in [0.1, 0.15) is 5.76 Å². The van der Waals surface area contributed by atoms with Crippen molar-refractivity contribution in [2.45, 2.75) is 6.04 Å². The van der Waals surface area contributed by atoms with Crippen LogP contribution in [0.4, 0.5) is 0 Å². The molecule has 2 fully saturated rings. The smallest absolute Gasteiger partial charge is 0.295 e. The number of fused-ring (bicyclic) bond motifs is 1. The van der Waals surface area contributed by atoms with Gasteiger partial charge in [0.15, 0.2) is 11.5 Å². The van der Waals surface area contributed by atoms with E-state index in [0.717, 1.165) is 13.1 Å². The molecule has 1 unspecified atom stereocenters. The monoisotopic (exact) mass is 437 g/mol. The predicted octanol–water partition coefficient (Wildman–Crippen LogP) is 1.56. The maximum Gasteiger partial charge on any atom is 0.295 e. The van der Waals surface area contributed by atoms with Crippen molar-refractivity contribution in [1.29, 1.82) is 0 Å². The number of pyridine rings is 1. The van der Waals surface area contributed by atoms with E-state index in [-0.39, 0.29) is 18.1 Å². The molecule has 9 heteroatoms. The van der Waals surface area contributed by atoms with Crippen molar-refractivity contribution >= 4 is 17.4 Å². The molecule has 2 aromatic rings. The second-order valence-electron chi connectivity index (χ2n) is 7.80. The molecule has 9 nitrogen and oxygen atoms in total. The maximum atomic E-state index is 13.1. The number of Topliss-reactive ketones (excluding diaryl/α,β-unsaturated/α-hetero) is 1. The fourth-order valence-electron chi connectivity index (χ4n) is 4.27. The minimum absolute atomic E-state index is 0.0452. The summed E-state index contributed by atoms with van der Waals surface area (Å²) in [5, 5.41) is 11.1. The lowest BCUT2D eigenvalue weighted by Gasteiger charge is -2.30. The summed E-state index contributed by atoms with van der Waals surface area (Å²) in [5.41, 5.74) is 1.09. The summed E-state index contributed by atoms with van der Waals surface area (Å²) in [6, 6.07) is 7.75. The number of ether oxygens (including phenoxy) is 3. The number of rotatable bonds is 5. The molecule has 1 amide bonds. The normalized spacial score (nSPS) is 22.5. The topological polar surface area (TPSA) is 101 Å². The third-order valence-electron chi connectivity index (χ3n) is 5.95. The Hall–Kier alpha value is -3.43. The molecule has 0 spiro atoms. The number of carbonyl (C=O) groups is 2. The summed E-state index contributed by atoms with van der Waals surface area (Å²) in [5.74, 6) is -0.542. The zero-order valence-electron chi connectivity index (χ0n) is 17.4. The number of hydrogen-bond donors (Lipinski definition) is 1. The summed E-state index contributed by atoms with van der Waals surface area (Å²) in [6.45, 7) is 3.90. The summed E-state index contributed by atoms with van der Waals surface area (Å²) < 4.78 is 16.1. The van der Waals surface area contributed by atoms with Crippen molar-refractivity contribution in [2.24, 2.45) is 0 Å². The standard InChI is InChI=1S/C23H23N3O6/c27-21(15-3-4-17-18(12-15)32-14-31-17)19-20(16-2-1-5-24-13-16)26(23(29)22(19)28)7-6-25-8-10-30-11-9-25/h1-5,12-13,20,27H,6-11,14H2. The number of nitrogens with zero attached hydrogens (tertiary/aromatic N) is 3. The molecule has 1 atom stereocenters. The number of amides is 1. The van der Waals surface area contributed by atoms with E-state index >= 15 is 0 Å². The van der Waals surface area contributed by atoms with E-state index in [2.05, 4.69) is 9.88 Å². The van der Waals surface area contributed by atoms with E-state index in [1.54, 1.807) is 42.7 Å². The third-order valence-corrected chi connectivity index (χ3v) is 5.95. The average molecular weight is 437 g/mol. The Morgan fingerprint density at radius 3 is 2.69 bits per heavy atom. The van der Waals surface area contributed by atoms with Crippen LogP contribution in [0.15, 0.2) is 48.3 Å². The molecule has 4 heterocycles. The Kier molecular flexibility index (Phi) is 5.50. The van der Waals surface area contributed by atoms with Gasteiger partial charge in [0.25, 0.3) is 11.7 Å². The summed E-state index contributed by atoms with van der Waals surface area (Å²) >= 11 is 0. The summed E-state index contributed by atoms with van der Waals surface area (Å²) in [4.78, 5) is 34.0. The van der Waals surface area contributed by atoms with E-state index in [0.29, 0.717) is 48.9 Å². The van der Waals surface area contributed by atoms with Crippen LogP contribution in [0.1, 0.15) is 17.2 Å². The van der Waals surface area contributed by atoms with Gasteiger partial charge in [-0.2, -0.15) is 0 Å². The van der Waals surface area contributed by atoms with E-state index < -0.39 is 17.7 Å². The van der Waals surface area contributed by atoms with Gasteiger partial charge in [0.05, 0.1) is 24.8 Å². The van der Waals surface area contributed by atoms with Crippen molar-refractivity contribution in [3.8, 4) is 11.5 Å². The lowest BCUT2D eigenvalue weighted by Crippen LogP contribution is -2.42. The molecule has 2 saturated heterocycles. The molecule has 166 valence electrons. The second-order valence-corrected chi connectivity index (χ2v) is 7.80. The van der Waals surface area contributed by atoms with Crippen molar-refractivity contribution in [3.05, 3.63) is 59.4 Å². The molecule has 1 N–H and O–H groups in total. The largest absolute Gasteiger partial charge is 0.507 e. The van der Waals surface area contributed by atoms with Gasteiger partial charge in [0, 0.05) is 44.1 Å². The quantitative estimate of drug-likeness (QED) is 0.427. The highest BCUT2D eigenvalue weighted by molar-refractivity contribution is 6.46. The number of aromatic nitrogens is 1. The van der Waals surface area contributed by atoms with Crippen LogP contribution in [-0.4, -0.2) is 77.8 Å². The van der Waals surface area contributed by atoms with Gasteiger partial charge in [0.2, 0.25) is 6.79 Å². The lowest BCUT2D eigenvalue weighted by atomic mass is 9.96. The first-order valence-electron chi connectivity index (χ1n) is 10.5. The molecule has 3 aliphatic rings. The first-order chi connectivity index (χ1) is 15.6. The number of morpholine rings is 1. The molecule has 0 aliphatic carbocycles. The van der Waals surface area contributed by atoms with Crippen molar-refractivity contribution in [3.63, 3.8) is 0 Å². The first kappa shape index (κ1) is 20.5. The highest BCUT2D eigenvalue weighted by Gasteiger charge is 2.46. The minimum atomic E-state index is -0.727. The van der Waals surface area contributed by atoms with E-state index in [9.17, 15) is 14.7 Å². The Labute approximate surface area is 184 Å².